The molecule has 1 N–H and O–H groups in total. The number of nitrogens with zero attached hydrogens (tertiary/aromatic N) is 3. The minimum Gasteiger partial charge on any atom is -0.278 e. The van der Waals surface area contributed by atoms with Gasteiger partial charge in [0.25, 0.3) is 10.0 Å². The lowest BCUT2D eigenvalue weighted by molar-refractivity contribution is 0.578. The maximum Gasteiger partial charge on any atom is 0.281 e. The Morgan fingerprint density at radius 2 is 2.11 bits per heavy atom. The summed E-state index contributed by atoms with van der Waals surface area (Å²) in [7, 11) is -2.29. The van der Waals surface area contributed by atoms with Gasteiger partial charge >= 0.3 is 0 Å². The summed E-state index contributed by atoms with van der Waals surface area (Å²) in [6, 6.07) is 4.97. The van der Waals surface area contributed by atoms with Crippen molar-refractivity contribution in [2.75, 3.05) is 4.72 Å². The van der Waals surface area contributed by atoms with Crippen LogP contribution in [-0.4, -0.2) is 23.4 Å². The van der Waals surface area contributed by atoms with Crippen LogP contribution in [0.3, 0.4) is 0 Å². The van der Waals surface area contributed by atoms with Crippen molar-refractivity contribution < 1.29 is 8.42 Å². The van der Waals surface area contributed by atoms with E-state index in [1.807, 2.05) is 0 Å². The Morgan fingerprint density at radius 3 is 2.68 bits per heavy atom. The quantitative estimate of drug-likeness (QED) is 0.905. The van der Waals surface area contributed by atoms with E-state index in [1.54, 1.807) is 25.1 Å². The van der Waals surface area contributed by atoms with Gasteiger partial charge in [-0.05, 0) is 40.5 Å². The van der Waals surface area contributed by atoms with Crippen molar-refractivity contribution in [3.63, 3.8) is 0 Å². The predicted molar refractivity (Wildman–Crippen MR) is 75.7 cm³/mol. The van der Waals surface area contributed by atoms with Crippen molar-refractivity contribution in [3.05, 3.63) is 33.4 Å². The Balaban J connectivity index is 2.45. The van der Waals surface area contributed by atoms with Gasteiger partial charge in [0.2, 0.25) is 5.03 Å². The molecular formula is C10H10BrClN4O2S. The second-order valence-electron chi connectivity index (χ2n) is 3.87. The molecule has 0 aliphatic rings. The second-order valence-corrected chi connectivity index (χ2v) is 6.66. The van der Waals surface area contributed by atoms with Crippen molar-refractivity contribution in [2.45, 2.75) is 11.9 Å². The van der Waals surface area contributed by atoms with Gasteiger partial charge in [-0.3, -0.25) is 4.72 Å². The molecule has 0 aliphatic carbocycles. The molecule has 6 nitrogen and oxygen atoms in total. The lowest BCUT2D eigenvalue weighted by Crippen LogP contribution is -2.17. The van der Waals surface area contributed by atoms with Crippen LogP contribution in [0.4, 0.5) is 5.69 Å². The van der Waals surface area contributed by atoms with Crippen LogP contribution in [0.5, 0.6) is 0 Å². The zero-order chi connectivity index (χ0) is 14.2. The van der Waals surface area contributed by atoms with Crippen LogP contribution in [-0.2, 0) is 17.1 Å². The van der Waals surface area contributed by atoms with E-state index in [2.05, 4.69) is 31.0 Å². The molecular weight excluding hydrogens is 356 g/mol. The van der Waals surface area contributed by atoms with Crippen molar-refractivity contribution in [1.29, 1.82) is 0 Å². The zero-order valence-electron chi connectivity index (χ0n) is 10.1. The first-order valence-corrected chi connectivity index (χ1v) is 7.81. The highest BCUT2D eigenvalue weighted by Crippen LogP contribution is 2.25. The number of sulfonamides is 1. The smallest absolute Gasteiger partial charge is 0.278 e. The molecule has 19 heavy (non-hydrogen) atoms. The maximum atomic E-state index is 12.3. The molecule has 2 rings (SSSR count). The van der Waals surface area contributed by atoms with Gasteiger partial charge < -0.3 is 0 Å². The molecule has 0 amide bonds. The Bertz CT molecular complexity index is 710. The SMILES string of the molecule is Cc1ccc(Cl)cc1NS(=O)(=O)c1c(Br)nnn1C. The van der Waals surface area contributed by atoms with Gasteiger partial charge in [0.1, 0.15) is 0 Å². The first-order chi connectivity index (χ1) is 8.81. The minimum absolute atomic E-state index is 0.0492. The maximum absolute atomic E-state index is 12.3. The molecule has 102 valence electrons. The lowest BCUT2D eigenvalue weighted by Gasteiger charge is -2.10. The summed E-state index contributed by atoms with van der Waals surface area (Å²) in [5.74, 6) is 0. The largest absolute Gasteiger partial charge is 0.281 e. The Labute approximate surface area is 123 Å². The van der Waals surface area contributed by atoms with Crippen LogP contribution < -0.4 is 4.72 Å². The summed E-state index contributed by atoms with van der Waals surface area (Å²) in [5.41, 5.74) is 1.18. The summed E-state index contributed by atoms with van der Waals surface area (Å²) in [4.78, 5) is 0. The first kappa shape index (κ1) is 14.3. The lowest BCUT2D eigenvalue weighted by atomic mass is 10.2. The van der Waals surface area contributed by atoms with Crippen molar-refractivity contribution >= 4 is 43.2 Å². The number of halogens is 2. The summed E-state index contributed by atoms with van der Waals surface area (Å²) >= 11 is 8.92. The molecule has 0 saturated carbocycles. The number of aromatic nitrogens is 3. The topological polar surface area (TPSA) is 76.9 Å². The van der Waals surface area contributed by atoms with Crippen molar-refractivity contribution in [2.24, 2.45) is 7.05 Å². The van der Waals surface area contributed by atoms with Gasteiger partial charge in [0, 0.05) is 12.1 Å². The summed E-state index contributed by atoms with van der Waals surface area (Å²) < 4.78 is 28.4. The molecule has 2 aromatic rings. The standard InChI is InChI=1S/C10H10BrClN4O2S/c1-6-3-4-7(12)5-8(6)14-19(17,18)10-9(11)13-15-16(10)2/h3-5,14H,1-2H3. The predicted octanol–water partition coefficient (Wildman–Crippen LogP) is 2.34. The molecule has 0 unspecified atom stereocenters. The van der Waals surface area contributed by atoms with E-state index in [1.165, 1.54) is 11.7 Å². The average Bonchev–Trinajstić information content (AvgIpc) is 2.64. The number of hydrogen-bond acceptors (Lipinski definition) is 4. The monoisotopic (exact) mass is 364 g/mol. The molecule has 0 fully saturated rings. The third-order valence-electron chi connectivity index (χ3n) is 2.44. The number of benzene rings is 1. The van der Waals surface area contributed by atoms with Crippen molar-refractivity contribution in [1.82, 2.24) is 15.0 Å². The molecule has 0 spiro atoms. The fourth-order valence-electron chi connectivity index (χ4n) is 1.51. The van der Waals surface area contributed by atoms with Crippen LogP contribution in [0.25, 0.3) is 0 Å². The van der Waals surface area contributed by atoms with Crippen molar-refractivity contribution in [3.8, 4) is 0 Å². The number of nitrogens with one attached hydrogen (secondary N) is 1. The van der Waals surface area contributed by atoms with E-state index in [0.717, 1.165) is 5.56 Å². The number of aryl methyl sites for hydroxylation is 2. The van der Waals surface area contributed by atoms with E-state index in [-0.39, 0.29) is 9.63 Å². The molecule has 1 aromatic heterocycles. The second kappa shape index (κ2) is 5.10. The average molecular weight is 366 g/mol. The Hall–Kier alpha value is -1.12. The molecule has 1 heterocycles. The highest BCUT2D eigenvalue weighted by atomic mass is 79.9. The molecule has 9 heteroatoms. The molecule has 0 aliphatic heterocycles. The van der Waals surface area contributed by atoms with Gasteiger partial charge in [0.15, 0.2) is 4.60 Å². The molecule has 0 saturated heterocycles. The van der Waals surface area contributed by atoms with Gasteiger partial charge in [-0.15, -0.1) is 5.10 Å². The van der Waals surface area contributed by atoms with E-state index < -0.39 is 10.0 Å². The van der Waals surface area contributed by atoms with Gasteiger partial charge in [0.05, 0.1) is 5.69 Å². The third kappa shape index (κ3) is 2.90. The van der Waals surface area contributed by atoms with Gasteiger partial charge in [-0.25, -0.2) is 4.68 Å². The van der Waals surface area contributed by atoms with E-state index in [0.29, 0.717) is 10.7 Å². The number of anilines is 1. The van der Waals surface area contributed by atoms with E-state index in [9.17, 15) is 8.42 Å². The Morgan fingerprint density at radius 1 is 1.42 bits per heavy atom. The fourth-order valence-corrected chi connectivity index (χ4v) is 3.90. The van der Waals surface area contributed by atoms with E-state index in [4.69, 9.17) is 11.6 Å². The number of rotatable bonds is 3. The summed E-state index contributed by atoms with van der Waals surface area (Å²) in [6.45, 7) is 1.78. The van der Waals surface area contributed by atoms with Crippen LogP contribution in [0.1, 0.15) is 5.56 Å². The van der Waals surface area contributed by atoms with Gasteiger partial charge in [-0.1, -0.05) is 22.9 Å². The molecule has 0 bridgehead atoms. The molecule has 1 aromatic carbocycles. The van der Waals surface area contributed by atoms with Crippen LogP contribution in [0.15, 0.2) is 27.8 Å². The van der Waals surface area contributed by atoms with E-state index >= 15 is 0 Å². The third-order valence-corrected chi connectivity index (χ3v) is 4.92. The fraction of sp³-hybridized carbons (Fsp3) is 0.200. The van der Waals surface area contributed by atoms with Crippen LogP contribution in [0, 0.1) is 6.92 Å². The summed E-state index contributed by atoms with van der Waals surface area (Å²) in [5, 5.41) is 7.69. The normalized spacial score (nSPS) is 11.6. The van der Waals surface area contributed by atoms with Crippen LogP contribution in [0.2, 0.25) is 5.02 Å². The minimum atomic E-state index is -3.79. The molecule has 0 atom stereocenters. The highest BCUT2D eigenvalue weighted by molar-refractivity contribution is 9.10. The first-order valence-electron chi connectivity index (χ1n) is 5.15. The molecule has 0 radical (unpaired) electrons. The summed E-state index contributed by atoms with van der Waals surface area (Å²) in [6.07, 6.45) is 0. The number of hydrogen-bond donors (Lipinski definition) is 1. The Kier molecular flexibility index (Phi) is 3.84. The zero-order valence-corrected chi connectivity index (χ0v) is 13.2. The van der Waals surface area contributed by atoms with Gasteiger partial charge in [-0.2, -0.15) is 8.42 Å². The highest BCUT2D eigenvalue weighted by Gasteiger charge is 2.24. The van der Waals surface area contributed by atoms with Crippen LogP contribution >= 0.6 is 27.5 Å².